The third-order valence-corrected chi connectivity index (χ3v) is 4.84. The highest BCUT2D eigenvalue weighted by atomic mass is 32.1. The molecule has 142 valence electrons. The Balaban J connectivity index is 1.53. The maximum atomic E-state index is 5.72. The van der Waals surface area contributed by atoms with Crippen LogP contribution < -0.4 is 5.32 Å². The Hall–Kier alpha value is -1.92. The molecule has 0 fully saturated rings. The van der Waals surface area contributed by atoms with Gasteiger partial charge >= 0.3 is 0 Å². The third-order valence-electron chi connectivity index (χ3n) is 4.02. The second-order valence-electron chi connectivity index (χ2n) is 6.24. The van der Waals surface area contributed by atoms with E-state index in [2.05, 4.69) is 49.8 Å². The minimum absolute atomic E-state index is 0.770. The van der Waals surface area contributed by atoms with Crippen molar-refractivity contribution in [3.05, 3.63) is 52.0 Å². The first-order chi connectivity index (χ1) is 12.7. The molecule has 2 aromatic rings. The van der Waals surface area contributed by atoms with Gasteiger partial charge in [0.1, 0.15) is 0 Å². The first-order valence-corrected chi connectivity index (χ1v) is 10.0. The summed E-state index contributed by atoms with van der Waals surface area (Å²) in [5, 5.41) is 6.61. The van der Waals surface area contributed by atoms with Gasteiger partial charge in [0, 0.05) is 32.6 Å². The smallest absolute Gasteiger partial charge is 0.193 e. The number of guanidine groups is 1. The van der Waals surface area contributed by atoms with E-state index >= 15 is 0 Å². The van der Waals surface area contributed by atoms with E-state index in [1.54, 1.807) is 11.3 Å². The number of aryl methyl sites for hydroxylation is 1. The predicted molar refractivity (Wildman–Crippen MR) is 110 cm³/mol. The monoisotopic (exact) mass is 374 g/mol. The Morgan fingerprint density at radius 1 is 1.23 bits per heavy atom. The maximum Gasteiger partial charge on any atom is 0.193 e. The van der Waals surface area contributed by atoms with Crippen LogP contribution in [0.2, 0.25) is 0 Å². The molecular formula is C20H30N4OS. The van der Waals surface area contributed by atoms with Crippen LogP contribution in [0.1, 0.15) is 29.1 Å². The molecule has 0 aliphatic rings. The first kappa shape index (κ1) is 20.4. The molecule has 0 amide bonds. The van der Waals surface area contributed by atoms with Gasteiger partial charge in [-0.15, -0.1) is 11.3 Å². The normalized spacial score (nSPS) is 11.6. The van der Waals surface area contributed by atoms with Crippen molar-refractivity contribution in [2.45, 2.75) is 32.7 Å². The topological polar surface area (TPSA) is 49.8 Å². The number of aliphatic imine (C=N–C) groups is 1. The fraction of sp³-hybridized carbons (Fsp3) is 0.500. The highest BCUT2D eigenvalue weighted by Crippen LogP contribution is 2.09. The minimum Gasteiger partial charge on any atom is -0.381 e. The summed E-state index contributed by atoms with van der Waals surface area (Å²) in [5.74, 6) is 0.903. The fourth-order valence-corrected chi connectivity index (χ4v) is 3.25. The Morgan fingerprint density at radius 2 is 2.04 bits per heavy atom. The quantitative estimate of drug-likeness (QED) is 0.393. The molecule has 1 aromatic carbocycles. The fourth-order valence-electron chi connectivity index (χ4n) is 2.65. The molecule has 2 rings (SSSR count). The molecule has 0 spiro atoms. The van der Waals surface area contributed by atoms with Crippen LogP contribution in [-0.2, 0) is 17.7 Å². The summed E-state index contributed by atoms with van der Waals surface area (Å²) in [4.78, 5) is 11.0. The van der Waals surface area contributed by atoms with Gasteiger partial charge in [-0.2, -0.15) is 0 Å². The van der Waals surface area contributed by atoms with Gasteiger partial charge in [-0.3, -0.25) is 4.99 Å². The summed E-state index contributed by atoms with van der Waals surface area (Å²) in [6.07, 6.45) is 3.09. The Morgan fingerprint density at radius 3 is 2.73 bits per heavy atom. The van der Waals surface area contributed by atoms with Crippen molar-refractivity contribution in [3.63, 3.8) is 0 Å². The lowest BCUT2D eigenvalue weighted by atomic mass is 10.2. The van der Waals surface area contributed by atoms with Crippen LogP contribution in [0.5, 0.6) is 0 Å². The van der Waals surface area contributed by atoms with Gasteiger partial charge in [-0.1, -0.05) is 30.3 Å². The predicted octanol–water partition coefficient (Wildman–Crippen LogP) is 3.50. The lowest BCUT2D eigenvalue weighted by Gasteiger charge is -2.21. The molecule has 0 radical (unpaired) electrons. The van der Waals surface area contributed by atoms with Crippen LogP contribution in [0.15, 0.2) is 40.7 Å². The van der Waals surface area contributed by atoms with Crippen LogP contribution in [-0.4, -0.2) is 49.7 Å². The van der Waals surface area contributed by atoms with E-state index in [1.807, 2.05) is 27.1 Å². The zero-order valence-corrected chi connectivity index (χ0v) is 16.9. The van der Waals surface area contributed by atoms with Gasteiger partial charge in [0.2, 0.25) is 0 Å². The van der Waals surface area contributed by atoms with Crippen molar-refractivity contribution in [1.29, 1.82) is 0 Å². The van der Waals surface area contributed by atoms with E-state index < -0.39 is 0 Å². The number of nitrogens with one attached hydrogen (secondary N) is 1. The second kappa shape index (κ2) is 11.6. The number of benzene rings is 1. The lowest BCUT2D eigenvalue weighted by molar-refractivity contribution is 0.133. The molecule has 0 saturated heterocycles. The van der Waals surface area contributed by atoms with Crippen molar-refractivity contribution in [2.24, 2.45) is 4.99 Å². The Bertz CT molecular complexity index is 657. The van der Waals surface area contributed by atoms with E-state index in [-0.39, 0.29) is 0 Å². The largest absolute Gasteiger partial charge is 0.381 e. The van der Waals surface area contributed by atoms with Gasteiger partial charge < -0.3 is 15.0 Å². The van der Waals surface area contributed by atoms with Crippen LogP contribution in [0.3, 0.4) is 0 Å². The summed E-state index contributed by atoms with van der Waals surface area (Å²) in [7, 11) is 3.86. The molecule has 0 aliphatic carbocycles. The SMILES string of the molecule is CN=C(NCCCCOCCc1ccccc1)N(C)Cc1csc(C)n1. The molecule has 0 aliphatic heterocycles. The van der Waals surface area contributed by atoms with Crippen LogP contribution in [0.25, 0.3) is 0 Å². The summed E-state index contributed by atoms with van der Waals surface area (Å²) < 4.78 is 5.72. The van der Waals surface area contributed by atoms with Gasteiger partial charge in [-0.25, -0.2) is 4.98 Å². The molecular weight excluding hydrogens is 344 g/mol. The highest BCUT2D eigenvalue weighted by molar-refractivity contribution is 7.09. The molecule has 1 heterocycles. The lowest BCUT2D eigenvalue weighted by Crippen LogP contribution is -2.39. The number of hydrogen-bond acceptors (Lipinski definition) is 4. The number of thiazole rings is 1. The van der Waals surface area contributed by atoms with E-state index in [0.29, 0.717) is 0 Å². The minimum atomic E-state index is 0.770. The Labute approximate surface area is 161 Å². The van der Waals surface area contributed by atoms with Crippen molar-refractivity contribution in [3.8, 4) is 0 Å². The zero-order valence-electron chi connectivity index (χ0n) is 16.1. The Kier molecular flexibility index (Phi) is 9.14. The van der Waals surface area contributed by atoms with Crippen molar-refractivity contribution in [2.75, 3.05) is 33.9 Å². The second-order valence-corrected chi connectivity index (χ2v) is 7.31. The van der Waals surface area contributed by atoms with Gasteiger partial charge in [0.25, 0.3) is 0 Å². The van der Waals surface area contributed by atoms with Gasteiger partial charge in [0.15, 0.2) is 5.96 Å². The van der Waals surface area contributed by atoms with Crippen LogP contribution in [0.4, 0.5) is 0 Å². The van der Waals surface area contributed by atoms with Crippen molar-refractivity contribution >= 4 is 17.3 Å². The maximum absolute atomic E-state index is 5.72. The van der Waals surface area contributed by atoms with E-state index in [9.17, 15) is 0 Å². The molecule has 0 saturated carbocycles. The first-order valence-electron chi connectivity index (χ1n) is 9.13. The highest BCUT2D eigenvalue weighted by Gasteiger charge is 2.08. The van der Waals surface area contributed by atoms with Crippen LogP contribution in [0, 0.1) is 6.92 Å². The molecule has 6 heteroatoms. The number of aromatic nitrogens is 1. The molecule has 26 heavy (non-hydrogen) atoms. The average Bonchev–Trinajstić information content (AvgIpc) is 3.06. The summed E-state index contributed by atoms with van der Waals surface area (Å²) in [6, 6.07) is 10.5. The van der Waals surface area contributed by atoms with E-state index in [4.69, 9.17) is 4.74 Å². The molecule has 1 aromatic heterocycles. The van der Waals surface area contributed by atoms with Crippen molar-refractivity contribution < 1.29 is 4.74 Å². The van der Waals surface area contributed by atoms with Crippen molar-refractivity contribution in [1.82, 2.24) is 15.2 Å². The van der Waals surface area contributed by atoms with Gasteiger partial charge in [0.05, 0.1) is 23.9 Å². The standard InChI is InChI=1S/C20H30N4OS/c1-17-23-19(16-26-17)15-24(3)20(21-2)22-12-7-8-13-25-14-11-18-9-5-4-6-10-18/h4-6,9-10,16H,7-8,11-15H2,1-3H3,(H,21,22). The van der Waals surface area contributed by atoms with Crippen LogP contribution >= 0.6 is 11.3 Å². The average molecular weight is 375 g/mol. The van der Waals surface area contributed by atoms with E-state index in [0.717, 1.165) is 62.2 Å². The molecule has 1 N–H and O–H groups in total. The molecule has 5 nitrogen and oxygen atoms in total. The third kappa shape index (κ3) is 7.54. The van der Waals surface area contributed by atoms with Gasteiger partial charge in [-0.05, 0) is 31.7 Å². The molecule has 0 unspecified atom stereocenters. The number of ether oxygens (including phenoxy) is 1. The number of hydrogen-bond donors (Lipinski definition) is 1. The summed E-state index contributed by atoms with van der Waals surface area (Å²) >= 11 is 1.68. The zero-order chi connectivity index (χ0) is 18.6. The number of nitrogens with zero attached hydrogens (tertiary/aromatic N) is 3. The summed E-state index contributed by atoms with van der Waals surface area (Å²) in [6.45, 7) is 5.29. The molecule has 0 atom stereocenters. The molecule has 0 bridgehead atoms. The summed E-state index contributed by atoms with van der Waals surface area (Å²) in [5.41, 5.74) is 2.42. The van der Waals surface area contributed by atoms with E-state index in [1.165, 1.54) is 5.56 Å². The number of rotatable bonds is 10. The number of unbranched alkanes of at least 4 members (excludes halogenated alkanes) is 1.